The first-order valence-corrected chi connectivity index (χ1v) is 18.4. The molecule has 0 aliphatic heterocycles. The van der Waals surface area contributed by atoms with E-state index >= 15 is 0 Å². The third-order valence-electron chi connectivity index (χ3n) is 10.5. The van der Waals surface area contributed by atoms with Gasteiger partial charge in [-0.25, -0.2) is 0 Å². The number of para-hydroxylation sites is 2. The zero-order valence-corrected chi connectivity index (χ0v) is 29.8. The van der Waals surface area contributed by atoms with E-state index in [4.69, 9.17) is 11.5 Å². The normalized spacial score (nSPS) is 11.8. The molecule has 2 aliphatic carbocycles. The molecule has 0 atom stereocenters. The van der Waals surface area contributed by atoms with E-state index in [0.717, 1.165) is 22.5 Å². The van der Waals surface area contributed by atoms with Crippen LogP contribution in [0.4, 0.5) is 11.4 Å². The van der Waals surface area contributed by atoms with Gasteiger partial charge in [0.15, 0.2) is 0 Å². The number of rotatable bonds is 4. The molecule has 0 radical (unpaired) electrons. The Kier molecular flexibility index (Phi) is 8.55. The minimum atomic E-state index is 0.797. The number of anilines is 2. The quantitative estimate of drug-likeness (QED) is 0.181. The molecule has 4 N–H and O–H groups in total. The number of hydrogen-bond acceptors (Lipinski definition) is 2. The summed E-state index contributed by atoms with van der Waals surface area (Å²) < 4.78 is 0. The van der Waals surface area contributed by atoms with Gasteiger partial charge in [0.05, 0.1) is 0 Å². The Labute approximate surface area is 317 Å². The SMILES string of the molecule is Nc1ccccc1C(=C1c2ccccc2-c2ccccc21)c1ccccc1.Nc1ccccc1C(=C1c2ccccc2-c2ccccc21)c1ccccc1. The summed E-state index contributed by atoms with van der Waals surface area (Å²) in [7, 11) is 0. The Morgan fingerprint density at radius 3 is 0.778 bits per heavy atom. The molecule has 0 unspecified atom stereocenters. The maximum absolute atomic E-state index is 6.43. The van der Waals surface area contributed by atoms with Crippen molar-refractivity contribution in [2.24, 2.45) is 0 Å². The van der Waals surface area contributed by atoms with Crippen molar-refractivity contribution in [2.45, 2.75) is 0 Å². The third-order valence-corrected chi connectivity index (χ3v) is 10.5. The van der Waals surface area contributed by atoms with Gasteiger partial charge in [-0.15, -0.1) is 0 Å². The molecule has 0 bridgehead atoms. The first-order chi connectivity index (χ1) is 26.7. The number of fused-ring (bicyclic) bond motifs is 6. The van der Waals surface area contributed by atoms with Crippen LogP contribution in [0.2, 0.25) is 0 Å². The first kappa shape index (κ1) is 32.7. The molecule has 0 heterocycles. The fourth-order valence-electron chi connectivity index (χ4n) is 8.10. The molecule has 54 heavy (non-hydrogen) atoms. The van der Waals surface area contributed by atoms with E-state index in [1.54, 1.807) is 0 Å². The lowest BCUT2D eigenvalue weighted by atomic mass is 9.87. The molecule has 0 saturated carbocycles. The van der Waals surface area contributed by atoms with Crippen LogP contribution in [0, 0.1) is 0 Å². The lowest BCUT2D eigenvalue weighted by Gasteiger charge is -2.16. The summed E-state index contributed by atoms with van der Waals surface area (Å²) >= 11 is 0. The zero-order chi connectivity index (χ0) is 36.4. The van der Waals surface area contributed by atoms with Gasteiger partial charge in [0.2, 0.25) is 0 Å². The van der Waals surface area contributed by atoms with Gasteiger partial charge in [0, 0.05) is 22.5 Å². The van der Waals surface area contributed by atoms with Gasteiger partial charge in [-0.1, -0.05) is 194 Å². The summed E-state index contributed by atoms with van der Waals surface area (Å²) in [4.78, 5) is 0. The highest BCUT2D eigenvalue weighted by atomic mass is 14.6. The molecule has 0 saturated heterocycles. The minimum Gasteiger partial charge on any atom is -0.398 e. The molecule has 2 aliphatic rings. The van der Waals surface area contributed by atoms with Crippen LogP contribution >= 0.6 is 0 Å². The van der Waals surface area contributed by atoms with Gasteiger partial charge in [-0.2, -0.15) is 0 Å². The standard InChI is InChI=1S/2C26H19N/c2*27-24-17-9-8-16-23(24)25(18-10-2-1-3-11-18)26-21-14-6-4-12-19(21)20-13-5-7-15-22(20)26/h2*1-17H,27H2. The second-order valence-corrected chi connectivity index (χ2v) is 13.6. The van der Waals surface area contributed by atoms with E-state index in [1.165, 1.54) is 77.9 Å². The summed E-state index contributed by atoms with van der Waals surface area (Å²) in [5.41, 5.74) is 34.0. The second kappa shape index (κ2) is 14.1. The van der Waals surface area contributed by atoms with Crippen molar-refractivity contribution in [3.8, 4) is 22.3 Å². The second-order valence-electron chi connectivity index (χ2n) is 13.6. The predicted molar refractivity (Wildman–Crippen MR) is 228 cm³/mol. The van der Waals surface area contributed by atoms with E-state index in [2.05, 4.69) is 182 Å². The van der Waals surface area contributed by atoms with Crippen LogP contribution in [-0.2, 0) is 0 Å². The fourth-order valence-corrected chi connectivity index (χ4v) is 8.10. The number of benzene rings is 8. The maximum atomic E-state index is 6.43. The molecule has 2 heteroatoms. The zero-order valence-electron chi connectivity index (χ0n) is 29.8. The molecule has 2 nitrogen and oxygen atoms in total. The van der Waals surface area contributed by atoms with Crippen molar-refractivity contribution in [3.05, 3.63) is 251 Å². The monoisotopic (exact) mass is 690 g/mol. The Bertz CT molecular complexity index is 2430. The maximum Gasteiger partial charge on any atom is 0.0394 e. The highest BCUT2D eigenvalue weighted by Crippen LogP contribution is 2.50. The summed E-state index contributed by atoms with van der Waals surface area (Å²) in [5, 5.41) is 0. The van der Waals surface area contributed by atoms with Crippen molar-refractivity contribution >= 4 is 33.7 Å². The lowest BCUT2D eigenvalue weighted by molar-refractivity contribution is 1.53. The molecule has 256 valence electrons. The van der Waals surface area contributed by atoms with Gasteiger partial charge < -0.3 is 11.5 Å². The third kappa shape index (κ3) is 5.71. The summed E-state index contributed by atoms with van der Waals surface area (Å²) in [6, 6.07) is 72.0. The van der Waals surface area contributed by atoms with Crippen molar-refractivity contribution in [2.75, 3.05) is 11.5 Å². The van der Waals surface area contributed by atoms with E-state index in [0.29, 0.717) is 0 Å². The molecular formula is C52H38N2. The minimum absolute atomic E-state index is 0.797. The van der Waals surface area contributed by atoms with E-state index < -0.39 is 0 Å². The summed E-state index contributed by atoms with van der Waals surface area (Å²) in [6.45, 7) is 0. The summed E-state index contributed by atoms with van der Waals surface area (Å²) in [6.07, 6.45) is 0. The highest BCUT2D eigenvalue weighted by molar-refractivity contribution is 6.15. The average Bonchev–Trinajstić information content (AvgIpc) is 3.74. The van der Waals surface area contributed by atoms with Crippen LogP contribution < -0.4 is 11.5 Å². The van der Waals surface area contributed by atoms with Crippen molar-refractivity contribution in [1.29, 1.82) is 0 Å². The van der Waals surface area contributed by atoms with Gasteiger partial charge in [0.1, 0.15) is 0 Å². The van der Waals surface area contributed by atoms with E-state index in [1.807, 2.05) is 24.3 Å². The number of nitrogen functional groups attached to an aromatic ring is 2. The number of nitrogens with two attached hydrogens (primary N) is 2. The van der Waals surface area contributed by atoms with Crippen molar-refractivity contribution in [1.82, 2.24) is 0 Å². The average molecular weight is 691 g/mol. The van der Waals surface area contributed by atoms with Gasteiger partial charge in [-0.05, 0) is 90.1 Å². The van der Waals surface area contributed by atoms with Crippen molar-refractivity contribution in [3.63, 3.8) is 0 Å². The van der Waals surface area contributed by atoms with E-state index in [9.17, 15) is 0 Å². The Balaban J connectivity index is 0.000000142. The molecule has 10 rings (SSSR count). The van der Waals surface area contributed by atoms with Crippen LogP contribution in [0.15, 0.2) is 206 Å². The van der Waals surface area contributed by atoms with Crippen LogP contribution in [0.5, 0.6) is 0 Å². The smallest absolute Gasteiger partial charge is 0.0394 e. The fraction of sp³-hybridized carbons (Fsp3) is 0. The van der Waals surface area contributed by atoms with Gasteiger partial charge >= 0.3 is 0 Å². The Morgan fingerprint density at radius 1 is 0.241 bits per heavy atom. The predicted octanol–water partition coefficient (Wildman–Crippen LogP) is 12.5. The molecule has 0 fully saturated rings. The van der Waals surface area contributed by atoms with Crippen LogP contribution in [0.25, 0.3) is 44.5 Å². The molecule has 0 amide bonds. The Morgan fingerprint density at radius 2 is 0.481 bits per heavy atom. The van der Waals surface area contributed by atoms with Gasteiger partial charge in [0.25, 0.3) is 0 Å². The van der Waals surface area contributed by atoms with Crippen LogP contribution in [0.1, 0.15) is 44.5 Å². The topological polar surface area (TPSA) is 52.0 Å². The van der Waals surface area contributed by atoms with Crippen LogP contribution in [0.3, 0.4) is 0 Å². The van der Waals surface area contributed by atoms with Crippen molar-refractivity contribution < 1.29 is 0 Å². The number of hydrogen-bond donors (Lipinski definition) is 2. The largest absolute Gasteiger partial charge is 0.398 e. The first-order valence-electron chi connectivity index (χ1n) is 18.4. The van der Waals surface area contributed by atoms with E-state index in [-0.39, 0.29) is 0 Å². The molecule has 8 aromatic rings. The molecule has 8 aromatic carbocycles. The molecule has 0 aromatic heterocycles. The Hall–Kier alpha value is -7.16. The van der Waals surface area contributed by atoms with Crippen LogP contribution in [-0.4, -0.2) is 0 Å². The summed E-state index contributed by atoms with van der Waals surface area (Å²) in [5.74, 6) is 0. The lowest BCUT2D eigenvalue weighted by Crippen LogP contribution is -1.98. The van der Waals surface area contributed by atoms with Gasteiger partial charge in [-0.3, -0.25) is 0 Å². The molecular weight excluding hydrogens is 653 g/mol. The highest BCUT2D eigenvalue weighted by Gasteiger charge is 2.28. The molecule has 0 spiro atoms.